The zero-order valence-electron chi connectivity index (χ0n) is 8.87. The number of carbonyl (C=O) groups excluding carboxylic acids is 2. The van der Waals surface area contributed by atoms with Crippen LogP contribution < -0.4 is 5.32 Å². The molecule has 0 fully saturated rings. The lowest BCUT2D eigenvalue weighted by atomic mass is 10.1. The van der Waals surface area contributed by atoms with Crippen molar-refractivity contribution < 1.29 is 14.3 Å². The van der Waals surface area contributed by atoms with Gasteiger partial charge in [-0.25, -0.2) is 4.79 Å². The zero-order chi connectivity index (χ0) is 11.0. The number of carbonyl (C=O) groups is 2. The Hall–Kier alpha value is -1.32. The third kappa shape index (κ3) is 7.34. The smallest absolute Gasteiger partial charge is 0.330 e. The van der Waals surface area contributed by atoms with E-state index in [0.717, 1.165) is 12.5 Å². The highest BCUT2D eigenvalue weighted by Gasteiger charge is 1.98. The number of nitrogens with one attached hydrogen (secondary N) is 1. The maximum atomic E-state index is 11.0. The lowest BCUT2D eigenvalue weighted by Gasteiger charge is -2.04. The summed E-state index contributed by atoms with van der Waals surface area (Å²) in [5.41, 5.74) is 0. The van der Waals surface area contributed by atoms with E-state index in [-0.39, 0.29) is 5.91 Å². The Morgan fingerprint density at radius 3 is 2.50 bits per heavy atom. The first kappa shape index (κ1) is 12.7. The number of amides is 1. The molecule has 1 amide bonds. The first-order valence-electron chi connectivity index (χ1n) is 4.60. The molecular formula is C10H17NO3. The Labute approximate surface area is 84.3 Å². The average Bonchev–Trinajstić information content (AvgIpc) is 2.13. The van der Waals surface area contributed by atoms with Crippen LogP contribution in [-0.4, -0.2) is 25.5 Å². The van der Waals surface area contributed by atoms with Gasteiger partial charge in [-0.15, -0.1) is 0 Å². The predicted octanol–water partition coefficient (Wildman–Crippen LogP) is 0.878. The zero-order valence-corrected chi connectivity index (χ0v) is 8.87. The Balaban J connectivity index is 3.65. The summed E-state index contributed by atoms with van der Waals surface area (Å²) in [5.74, 6) is -0.236. The van der Waals surface area contributed by atoms with Crippen molar-refractivity contribution in [1.29, 1.82) is 0 Å². The Bertz CT molecular complexity index is 221. The Kier molecular flexibility index (Phi) is 6.45. The lowest BCUT2D eigenvalue weighted by Crippen LogP contribution is -2.23. The second kappa shape index (κ2) is 7.12. The van der Waals surface area contributed by atoms with Crippen molar-refractivity contribution >= 4 is 11.9 Å². The van der Waals surface area contributed by atoms with Crippen molar-refractivity contribution in [2.75, 3.05) is 13.7 Å². The number of hydrogen-bond acceptors (Lipinski definition) is 3. The average molecular weight is 199 g/mol. The van der Waals surface area contributed by atoms with E-state index in [2.05, 4.69) is 23.9 Å². The lowest BCUT2D eigenvalue weighted by molar-refractivity contribution is -0.135. The van der Waals surface area contributed by atoms with Crippen molar-refractivity contribution in [3.05, 3.63) is 12.2 Å². The minimum absolute atomic E-state index is 0.268. The van der Waals surface area contributed by atoms with Crippen LogP contribution in [0.15, 0.2) is 12.2 Å². The van der Waals surface area contributed by atoms with Crippen molar-refractivity contribution in [3.8, 4) is 0 Å². The van der Waals surface area contributed by atoms with Crippen LogP contribution in [0.3, 0.4) is 0 Å². The molecule has 80 valence electrons. The summed E-state index contributed by atoms with van der Waals surface area (Å²) in [4.78, 5) is 21.6. The van der Waals surface area contributed by atoms with Crippen LogP contribution in [0.1, 0.15) is 20.3 Å². The standard InChI is InChI=1S/C10H17NO3/c1-8(2)6-7-11-9(12)4-5-10(13)14-3/h4-5,8H,6-7H2,1-3H3,(H,11,12)/b5-4+. The molecule has 0 aromatic carbocycles. The maximum Gasteiger partial charge on any atom is 0.330 e. The largest absolute Gasteiger partial charge is 0.466 e. The normalized spacial score (nSPS) is 10.6. The third-order valence-corrected chi connectivity index (χ3v) is 1.59. The van der Waals surface area contributed by atoms with E-state index < -0.39 is 5.97 Å². The molecule has 0 saturated heterocycles. The fraction of sp³-hybridized carbons (Fsp3) is 0.600. The summed E-state index contributed by atoms with van der Waals surface area (Å²) < 4.78 is 4.34. The van der Waals surface area contributed by atoms with Gasteiger partial charge in [-0.3, -0.25) is 4.79 Å². The summed E-state index contributed by atoms with van der Waals surface area (Å²) in [6.07, 6.45) is 3.20. The molecule has 0 bridgehead atoms. The van der Waals surface area contributed by atoms with Crippen molar-refractivity contribution in [1.82, 2.24) is 5.32 Å². The van der Waals surface area contributed by atoms with E-state index >= 15 is 0 Å². The molecular weight excluding hydrogens is 182 g/mol. The van der Waals surface area contributed by atoms with E-state index in [4.69, 9.17) is 0 Å². The molecule has 0 unspecified atom stereocenters. The van der Waals surface area contributed by atoms with Crippen LogP contribution in [0.25, 0.3) is 0 Å². The van der Waals surface area contributed by atoms with Gasteiger partial charge in [0.2, 0.25) is 5.91 Å². The topological polar surface area (TPSA) is 55.4 Å². The molecule has 14 heavy (non-hydrogen) atoms. The number of rotatable bonds is 5. The van der Waals surface area contributed by atoms with E-state index in [1.165, 1.54) is 13.2 Å². The van der Waals surface area contributed by atoms with Gasteiger partial charge < -0.3 is 10.1 Å². The van der Waals surface area contributed by atoms with Crippen LogP contribution in [0, 0.1) is 5.92 Å². The highest BCUT2D eigenvalue weighted by molar-refractivity contribution is 5.94. The summed E-state index contributed by atoms with van der Waals surface area (Å²) >= 11 is 0. The minimum Gasteiger partial charge on any atom is -0.466 e. The molecule has 0 spiro atoms. The van der Waals surface area contributed by atoms with Gasteiger partial charge in [0.25, 0.3) is 0 Å². The van der Waals surface area contributed by atoms with Gasteiger partial charge in [0.1, 0.15) is 0 Å². The minimum atomic E-state index is -0.524. The van der Waals surface area contributed by atoms with Gasteiger partial charge in [-0.05, 0) is 12.3 Å². The summed E-state index contributed by atoms with van der Waals surface area (Å²) in [6, 6.07) is 0. The van der Waals surface area contributed by atoms with Gasteiger partial charge in [-0.2, -0.15) is 0 Å². The van der Waals surface area contributed by atoms with Gasteiger partial charge in [-0.1, -0.05) is 13.8 Å². The molecule has 0 aliphatic carbocycles. The van der Waals surface area contributed by atoms with E-state index in [1.54, 1.807) is 0 Å². The van der Waals surface area contributed by atoms with E-state index in [9.17, 15) is 9.59 Å². The number of ether oxygens (including phenoxy) is 1. The molecule has 0 saturated carbocycles. The van der Waals surface area contributed by atoms with Gasteiger partial charge in [0.15, 0.2) is 0 Å². The summed E-state index contributed by atoms with van der Waals surface area (Å²) in [5, 5.41) is 2.66. The van der Waals surface area contributed by atoms with E-state index in [1.807, 2.05) is 0 Å². The predicted molar refractivity (Wildman–Crippen MR) is 53.6 cm³/mol. The van der Waals surface area contributed by atoms with Crippen LogP contribution in [0.5, 0.6) is 0 Å². The van der Waals surface area contributed by atoms with Crippen LogP contribution in [-0.2, 0) is 14.3 Å². The molecule has 4 nitrogen and oxygen atoms in total. The molecule has 0 aromatic rings. The molecule has 0 heterocycles. The molecule has 0 atom stereocenters. The molecule has 4 heteroatoms. The number of methoxy groups -OCH3 is 1. The SMILES string of the molecule is COC(=O)/C=C/C(=O)NCCC(C)C. The Morgan fingerprint density at radius 1 is 1.36 bits per heavy atom. The fourth-order valence-corrected chi connectivity index (χ4v) is 0.755. The number of hydrogen-bond donors (Lipinski definition) is 1. The molecule has 0 aliphatic rings. The van der Waals surface area contributed by atoms with Crippen molar-refractivity contribution in [2.24, 2.45) is 5.92 Å². The monoisotopic (exact) mass is 199 g/mol. The first-order chi connectivity index (χ1) is 6.56. The molecule has 0 aliphatic heterocycles. The van der Waals surface area contributed by atoms with Crippen molar-refractivity contribution in [3.63, 3.8) is 0 Å². The van der Waals surface area contributed by atoms with Crippen molar-refractivity contribution in [2.45, 2.75) is 20.3 Å². The van der Waals surface area contributed by atoms with Crippen LogP contribution in [0.4, 0.5) is 0 Å². The first-order valence-corrected chi connectivity index (χ1v) is 4.60. The fourth-order valence-electron chi connectivity index (χ4n) is 0.755. The van der Waals surface area contributed by atoms with Crippen LogP contribution >= 0.6 is 0 Å². The van der Waals surface area contributed by atoms with E-state index in [0.29, 0.717) is 12.5 Å². The molecule has 0 rings (SSSR count). The highest BCUT2D eigenvalue weighted by Crippen LogP contribution is 1.95. The summed E-state index contributed by atoms with van der Waals surface area (Å²) in [6.45, 7) is 4.79. The molecule has 0 radical (unpaired) electrons. The van der Waals surface area contributed by atoms with Crippen LogP contribution in [0.2, 0.25) is 0 Å². The molecule has 1 N–H and O–H groups in total. The second-order valence-electron chi connectivity index (χ2n) is 3.33. The second-order valence-corrected chi connectivity index (χ2v) is 3.33. The Morgan fingerprint density at radius 2 is 2.00 bits per heavy atom. The number of esters is 1. The highest BCUT2D eigenvalue weighted by atomic mass is 16.5. The maximum absolute atomic E-state index is 11.0. The molecule has 0 aromatic heterocycles. The van der Waals surface area contributed by atoms with Gasteiger partial charge >= 0.3 is 5.97 Å². The van der Waals surface area contributed by atoms with Gasteiger partial charge in [0.05, 0.1) is 7.11 Å². The van der Waals surface area contributed by atoms with Gasteiger partial charge in [0, 0.05) is 18.7 Å². The quantitative estimate of drug-likeness (QED) is 0.528. The summed E-state index contributed by atoms with van der Waals surface area (Å²) in [7, 11) is 1.27. The third-order valence-electron chi connectivity index (χ3n) is 1.59.